The van der Waals surface area contributed by atoms with Crippen molar-refractivity contribution in [2.75, 3.05) is 19.8 Å². The molecule has 256 valence electrons. The van der Waals surface area contributed by atoms with Gasteiger partial charge in [0.25, 0.3) is 0 Å². The normalized spacial score (nSPS) is 34.9. The molecule has 2 aliphatic carbocycles. The van der Waals surface area contributed by atoms with Crippen LogP contribution in [0.5, 0.6) is 0 Å². The van der Waals surface area contributed by atoms with Crippen LogP contribution in [0.3, 0.4) is 0 Å². The van der Waals surface area contributed by atoms with Crippen LogP contribution in [0.4, 0.5) is 0 Å². The van der Waals surface area contributed by atoms with Crippen LogP contribution in [0.15, 0.2) is 0 Å². The number of piperidine rings is 1. The molecule has 0 bridgehead atoms. The van der Waals surface area contributed by atoms with Crippen molar-refractivity contribution in [3.63, 3.8) is 0 Å². The van der Waals surface area contributed by atoms with Crippen LogP contribution in [0, 0.1) is 35.5 Å². The fourth-order valence-electron chi connectivity index (χ4n) is 8.52. The smallest absolute Gasteiger partial charge is 0.302 e. The van der Waals surface area contributed by atoms with Gasteiger partial charge in [0.15, 0.2) is 0 Å². The van der Waals surface area contributed by atoms with Crippen LogP contribution >= 0.6 is 0 Å². The van der Waals surface area contributed by atoms with E-state index in [-0.39, 0.29) is 55.2 Å². The lowest BCUT2D eigenvalue weighted by Gasteiger charge is -2.45. The van der Waals surface area contributed by atoms with Crippen LogP contribution in [-0.2, 0) is 23.8 Å². The SMILES string of the molecule is CC(=O)OC(CCC1CC(OCCO)C(O)CC1C1CCNC(N)C1)CC(OC(C)=O)C1CC(O)CCCC(CC(C)C)C1. The summed E-state index contributed by atoms with van der Waals surface area (Å²) in [4.78, 5) is 24.6. The molecule has 11 unspecified atom stereocenters. The van der Waals surface area contributed by atoms with Crippen molar-refractivity contribution in [2.24, 2.45) is 41.2 Å². The first-order chi connectivity index (χ1) is 20.9. The predicted molar refractivity (Wildman–Crippen MR) is 168 cm³/mol. The van der Waals surface area contributed by atoms with Gasteiger partial charge in [-0.3, -0.25) is 9.59 Å². The minimum absolute atomic E-state index is 0.0129. The minimum Gasteiger partial charge on any atom is -0.462 e. The number of aliphatic hydroxyl groups excluding tert-OH is 3. The zero-order valence-electron chi connectivity index (χ0n) is 27.7. The molecule has 0 aromatic rings. The highest BCUT2D eigenvalue weighted by Crippen LogP contribution is 2.43. The molecular formula is C34H62N2O8. The second-order valence-electron chi connectivity index (χ2n) is 14.4. The molecule has 0 amide bonds. The van der Waals surface area contributed by atoms with E-state index in [9.17, 15) is 24.9 Å². The first-order valence-electron chi connectivity index (χ1n) is 17.4. The summed E-state index contributed by atoms with van der Waals surface area (Å²) in [5, 5.41) is 34.4. The summed E-state index contributed by atoms with van der Waals surface area (Å²) in [5.41, 5.74) is 6.27. The Bertz CT molecular complexity index is 859. The summed E-state index contributed by atoms with van der Waals surface area (Å²) in [6, 6.07) is 0. The van der Waals surface area contributed by atoms with E-state index in [2.05, 4.69) is 19.2 Å². The Hall–Kier alpha value is -1.30. The van der Waals surface area contributed by atoms with Crippen LogP contribution in [0.1, 0.15) is 111 Å². The van der Waals surface area contributed by atoms with Crippen LogP contribution in [0.25, 0.3) is 0 Å². The van der Waals surface area contributed by atoms with E-state index in [1.165, 1.54) is 13.8 Å². The maximum Gasteiger partial charge on any atom is 0.302 e. The van der Waals surface area contributed by atoms with Gasteiger partial charge >= 0.3 is 11.9 Å². The topological polar surface area (TPSA) is 161 Å². The highest BCUT2D eigenvalue weighted by molar-refractivity contribution is 5.66. The molecule has 6 N–H and O–H groups in total. The number of aliphatic hydroxyl groups is 3. The van der Waals surface area contributed by atoms with E-state index in [1.807, 2.05) is 0 Å². The summed E-state index contributed by atoms with van der Waals surface area (Å²) < 4.78 is 17.7. The number of esters is 2. The van der Waals surface area contributed by atoms with E-state index in [4.69, 9.17) is 19.9 Å². The van der Waals surface area contributed by atoms with Gasteiger partial charge < -0.3 is 40.6 Å². The van der Waals surface area contributed by atoms with Gasteiger partial charge in [-0.15, -0.1) is 0 Å². The third-order valence-corrected chi connectivity index (χ3v) is 10.3. The molecule has 3 rings (SSSR count). The third kappa shape index (κ3) is 12.5. The average molecular weight is 627 g/mol. The Kier molecular flexibility index (Phi) is 15.8. The molecule has 3 fully saturated rings. The van der Waals surface area contributed by atoms with Crippen molar-refractivity contribution in [1.29, 1.82) is 0 Å². The first kappa shape index (κ1) is 37.2. The number of nitrogens with one attached hydrogen (secondary N) is 1. The molecule has 10 heteroatoms. The van der Waals surface area contributed by atoms with Gasteiger partial charge in [0.05, 0.1) is 37.7 Å². The molecule has 1 aliphatic heterocycles. The van der Waals surface area contributed by atoms with Crippen molar-refractivity contribution >= 4 is 11.9 Å². The number of carbonyl (C=O) groups excluding carboxylic acids is 2. The van der Waals surface area contributed by atoms with Gasteiger partial charge in [-0.2, -0.15) is 0 Å². The largest absolute Gasteiger partial charge is 0.462 e. The van der Waals surface area contributed by atoms with Crippen molar-refractivity contribution in [3.05, 3.63) is 0 Å². The number of ether oxygens (including phenoxy) is 3. The maximum absolute atomic E-state index is 12.3. The molecule has 1 heterocycles. The van der Waals surface area contributed by atoms with Gasteiger partial charge in [0, 0.05) is 20.3 Å². The minimum atomic E-state index is -0.601. The molecule has 0 aromatic heterocycles. The second kappa shape index (κ2) is 18.7. The van der Waals surface area contributed by atoms with Crippen molar-refractivity contribution in [3.8, 4) is 0 Å². The zero-order chi connectivity index (χ0) is 32.2. The van der Waals surface area contributed by atoms with Crippen LogP contribution < -0.4 is 11.1 Å². The van der Waals surface area contributed by atoms with E-state index in [1.54, 1.807) is 0 Å². The van der Waals surface area contributed by atoms with Crippen molar-refractivity contribution in [1.82, 2.24) is 5.32 Å². The molecule has 0 radical (unpaired) electrons. The molecule has 0 aromatic carbocycles. The van der Waals surface area contributed by atoms with E-state index < -0.39 is 24.4 Å². The van der Waals surface area contributed by atoms with E-state index in [0.717, 1.165) is 57.9 Å². The van der Waals surface area contributed by atoms with Gasteiger partial charge in [-0.05, 0) is 106 Å². The van der Waals surface area contributed by atoms with E-state index in [0.29, 0.717) is 49.9 Å². The Morgan fingerprint density at radius 1 is 0.977 bits per heavy atom. The Labute approximate surface area is 265 Å². The molecule has 1 saturated heterocycles. The summed E-state index contributed by atoms with van der Waals surface area (Å²) in [6.45, 7) is 8.24. The quantitative estimate of drug-likeness (QED) is 0.180. The summed E-state index contributed by atoms with van der Waals surface area (Å²) >= 11 is 0. The maximum atomic E-state index is 12.3. The number of rotatable bonds is 14. The molecule has 44 heavy (non-hydrogen) atoms. The van der Waals surface area contributed by atoms with Crippen LogP contribution in [0.2, 0.25) is 0 Å². The van der Waals surface area contributed by atoms with Gasteiger partial charge in [-0.1, -0.05) is 26.7 Å². The lowest BCUT2D eigenvalue weighted by molar-refractivity contribution is -0.157. The summed E-state index contributed by atoms with van der Waals surface area (Å²) in [7, 11) is 0. The summed E-state index contributed by atoms with van der Waals surface area (Å²) in [5.74, 6) is 1.18. The Morgan fingerprint density at radius 3 is 2.39 bits per heavy atom. The zero-order valence-corrected chi connectivity index (χ0v) is 27.7. The predicted octanol–water partition coefficient (Wildman–Crippen LogP) is 3.67. The number of carbonyl (C=O) groups is 2. The number of hydrogen-bond donors (Lipinski definition) is 5. The van der Waals surface area contributed by atoms with Crippen molar-refractivity contribution < 1.29 is 39.1 Å². The molecule has 0 spiro atoms. The fourth-order valence-corrected chi connectivity index (χ4v) is 8.52. The van der Waals surface area contributed by atoms with Gasteiger partial charge in [-0.25, -0.2) is 0 Å². The molecule has 3 aliphatic rings. The van der Waals surface area contributed by atoms with E-state index >= 15 is 0 Å². The van der Waals surface area contributed by atoms with Crippen molar-refractivity contribution in [2.45, 2.75) is 148 Å². The molecule has 10 nitrogen and oxygen atoms in total. The lowest BCUT2D eigenvalue weighted by Crippen LogP contribution is -2.50. The Balaban J connectivity index is 1.78. The fraction of sp³-hybridized carbons (Fsp3) is 0.941. The molecule has 11 atom stereocenters. The monoisotopic (exact) mass is 626 g/mol. The molecular weight excluding hydrogens is 564 g/mol. The second-order valence-corrected chi connectivity index (χ2v) is 14.4. The lowest BCUT2D eigenvalue weighted by atomic mass is 9.66. The van der Waals surface area contributed by atoms with Crippen LogP contribution in [-0.4, -0.2) is 83.7 Å². The first-order valence-corrected chi connectivity index (χ1v) is 17.4. The third-order valence-electron chi connectivity index (χ3n) is 10.3. The Morgan fingerprint density at radius 2 is 1.73 bits per heavy atom. The van der Waals surface area contributed by atoms with Gasteiger partial charge in [0.1, 0.15) is 12.2 Å². The number of nitrogens with two attached hydrogens (primary N) is 1. The number of hydrogen-bond acceptors (Lipinski definition) is 10. The average Bonchev–Trinajstić information content (AvgIpc) is 2.92. The standard InChI is InChI=1S/C34H62N2O8/c1-21(2)14-24-6-5-7-28(40)16-27(15-24)32(44-23(4)39)19-29(43-22(3)38)9-8-25-17-33(42-13-12-37)31(41)20-30(25)26-10-11-36-34(35)18-26/h21,24-34,36-37,40-41H,5-20,35H2,1-4H3. The highest BCUT2D eigenvalue weighted by atomic mass is 16.6. The summed E-state index contributed by atoms with van der Waals surface area (Å²) in [6.07, 6.45) is 7.89. The van der Waals surface area contributed by atoms with Gasteiger partial charge in [0.2, 0.25) is 0 Å². The molecule has 2 saturated carbocycles. The highest BCUT2D eigenvalue weighted by Gasteiger charge is 2.42.